The molecule has 0 N–H and O–H groups in total. The van der Waals surface area contributed by atoms with E-state index in [-0.39, 0.29) is 5.41 Å². The first kappa shape index (κ1) is 10.7. The number of para-hydroxylation sites is 1. The SMILES string of the molecule is N#CC1(CN2CCc3ccccc32)CCCC1. The van der Waals surface area contributed by atoms with Gasteiger partial charge in [-0.15, -0.1) is 0 Å². The summed E-state index contributed by atoms with van der Waals surface area (Å²) in [5.41, 5.74) is 2.73. The number of benzene rings is 1. The van der Waals surface area contributed by atoms with Gasteiger partial charge in [-0.2, -0.15) is 5.26 Å². The van der Waals surface area contributed by atoms with Crippen LogP contribution in [0.5, 0.6) is 0 Å². The normalized spacial score (nSPS) is 21.2. The lowest BCUT2D eigenvalue weighted by Crippen LogP contribution is -2.34. The van der Waals surface area contributed by atoms with Gasteiger partial charge in [-0.25, -0.2) is 0 Å². The second-order valence-electron chi connectivity index (χ2n) is 5.40. The molecule has 0 atom stereocenters. The predicted molar refractivity (Wildman–Crippen MR) is 68.9 cm³/mol. The van der Waals surface area contributed by atoms with Gasteiger partial charge in [0, 0.05) is 18.8 Å². The summed E-state index contributed by atoms with van der Waals surface area (Å²) >= 11 is 0. The maximum Gasteiger partial charge on any atom is 0.0748 e. The van der Waals surface area contributed by atoms with Crippen molar-refractivity contribution < 1.29 is 0 Å². The second kappa shape index (κ2) is 4.07. The van der Waals surface area contributed by atoms with Gasteiger partial charge in [0.1, 0.15) is 0 Å². The molecule has 2 nitrogen and oxygen atoms in total. The molecule has 88 valence electrons. The molecular formula is C15H18N2. The first-order valence-electron chi connectivity index (χ1n) is 6.57. The summed E-state index contributed by atoms with van der Waals surface area (Å²) in [6.45, 7) is 2.02. The maximum absolute atomic E-state index is 9.45. The van der Waals surface area contributed by atoms with Crippen molar-refractivity contribution in [1.29, 1.82) is 5.26 Å². The standard InChI is InChI=1S/C15H18N2/c16-11-15(8-3-4-9-15)12-17-10-7-13-5-1-2-6-14(13)17/h1-2,5-6H,3-4,7-10,12H2. The summed E-state index contributed by atoms with van der Waals surface area (Å²) in [6.07, 6.45) is 5.76. The number of hydrogen-bond acceptors (Lipinski definition) is 2. The molecule has 0 aromatic heterocycles. The fourth-order valence-electron chi connectivity index (χ4n) is 3.29. The van der Waals surface area contributed by atoms with Crippen LogP contribution in [-0.2, 0) is 6.42 Å². The Labute approximate surface area is 103 Å². The summed E-state index contributed by atoms with van der Waals surface area (Å²) < 4.78 is 0. The van der Waals surface area contributed by atoms with Gasteiger partial charge in [0.2, 0.25) is 0 Å². The molecule has 17 heavy (non-hydrogen) atoms. The molecule has 1 fully saturated rings. The molecule has 1 aliphatic heterocycles. The van der Waals surface area contributed by atoms with Gasteiger partial charge in [0.25, 0.3) is 0 Å². The summed E-state index contributed by atoms with van der Waals surface area (Å²) in [4.78, 5) is 2.42. The molecule has 1 aromatic rings. The van der Waals surface area contributed by atoms with Gasteiger partial charge in [0.05, 0.1) is 11.5 Å². The monoisotopic (exact) mass is 226 g/mol. The number of fused-ring (bicyclic) bond motifs is 1. The van der Waals surface area contributed by atoms with Crippen molar-refractivity contribution in [1.82, 2.24) is 0 Å². The minimum absolute atomic E-state index is 0.0720. The van der Waals surface area contributed by atoms with E-state index in [1.54, 1.807) is 0 Å². The molecule has 0 radical (unpaired) electrons. The van der Waals surface area contributed by atoms with Gasteiger partial charge in [-0.1, -0.05) is 31.0 Å². The molecule has 3 rings (SSSR count). The smallest absolute Gasteiger partial charge is 0.0748 e. The van der Waals surface area contributed by atoms with Crippen LogP contribution >= 0.6 is 0 Å². The Bertz CT molecular complexity index is 452. The van der Waals surface area contributed by atoms with Gasteiger partial charge in [-0.3, -0.25) is 0 Å². The lowest BCUT2D eigenvalue weighted by atomic mass is 9.87. The van der Waals surface area contributed by atoms with E-state index in [0.29, 0.717) is 0 Å². The van der Waals surface area contributed by atoms with E-state index in [0.717, 1.165) is 32.4 Å². The summed E-state index contributed by atoms with van der Waals surface area (Å²) in [7, 11) is 0. The fraction of sp³-hybridized carbons (Fsp3) is 0.533. The third kappa shape index (κ3) is 1.80. The van der Waals surface area contributed by atoms with E-state index < -0.39 is 0 Å². The minimum Gasteiger partial charge on any atom is -0.369 e. The molecule has 1 aliphatic carbocycles. The summed E-state index contributed by atoms with van der Waals surface area (Å²) in [6, 6.07) is 11.2. The van der Waals surface area contributed by atoms with E-state index in [2.05, 4.69) is 35.2 Å². The van der Waals surface area contributed by atoms with Crippen LogP contribution in [0.1, 0.15) is 31.2 Å². The zero-order valence-corrected chi connectivity index (χ0v) is 10.2. The molecule has 1 saturated carbocycles. The Morgan fingerprint density at radius 2 is 2.00 bits per heavy atom. The molecule has 1 heterocycles. The maximum atomic E-state index is 9.45. The fourth-order valence-corrected chi connectivity index (χ4v) is 3.29. The highest BCUT2D eigenvalue weighted by Gasteiger charge is 2.37. The van der Waals surface area contributed by atoms with E-state index in [9.17, 15) is 5.26 Å². The molecule has 0 bridgehead atoms. The van der Waals surface area contributed by atoms with Gasteiger partial charge in [-0.05, 0) is 30.9 Å². The van der Waals surface area contributed by atoms with Crippen LogP contribution in [0, 0.1) is 16.7 Å². The van der Waals surface area contributed by atoms with Crippen LogP contribution in [-0.4, -0.2) is 13.1 Å². The largest absolute Gasteiger partial charge is 0.369 e. The lowest BCUT2D eigenvalue weighted by Gasteiger charge is -2.29. The zero-order valence-electron chi connectivity index (χ0n) is 10.2. The Kier molecular flexibility index (Phi) is 2.55. The van der Waals surface area contributed by atoms with Crippen molar-refractivity contribution in [3.63, 3.8) is 0 Å². The number of hydrogen-bond donors (Lipinski definition) is 0. The van der Waals surface area contributed by atoms with Crippen LogP contribution in [0.2, 0.25) is 0 Å². The number of anilines is 1. The van der Waals surface area contributed by atoms with Crippen molar-refractivity contribution in [3.8, 4) is 6.07 Å². The van der Waals surface area contributed by atoms with Crippen LogP contribution in [0.15, 0.2) is 24.3 Å². The molecule has 1 aromatic carbocycles. The Morgan fingerprint density at radius 3 is 2.76 bits per heavy atom. The Morgan fingerprint density at radius 1 is 1.24 bits per heavy atom. The molecule has 2 heteroatoms. The quantitative estimate of drug-likeness (QED) is 0.774. The van der Waals surface area contributed by atoms with Gasteiger partial charge < -0.3 is 4.90 Å². The van der Waals surface area contributed by atoms with Crippen molar-refractivity contribution >= 4 is 5.69 Å². The van der Waals surface area contributed by atoms with Crippen molar-refractivity contribution in [2.45, 2.75) is 32.1 Å². The second-order valence-corrected chi connectivity index (χ2v) is 5.40. The molecule has 0 unspecified atom stereocenters. The van der Waals surface area contributed by atoms with Crippen LogP contribution in [0.4, 0.5) is 5.69 Å². The van der Waals surface area contributed by atoms with Crippen molar-refractivity contribution in [2.75, 3.05) is 18.0 Å². The number of nitriles is 1. The highest BCUT2D eigenvalue weighted by Crippen LogP contribution is 2.40. The lowest BCUT2D eigenvalue weighted by molar-refractivity contribution is 0.410. The third-order valence-corrected chi connectivity index (χ3v) is 4.27. The van der Waals surface area contributed by atoms with E-state index in [1.807, 2.05) is 0 Å². The zero-order chi connectivity index (χ0) is 11.7. The molecule has 2 aliphatic rings. The minimum atomic E-state index is -0.0720. The topological polar surface area (TPSA) is 27.0 Å². The highest BCUT2D eigenvalue weighted by molar-refractivity contribution is 5.58. The van der Waals surface area contributed by atoms with Crippen LogP contribution < -0.4 is 4.90 Å². The summed E-state index contributed by atoms with van der Waals surface area (Å²) in [5, 5.41) is 9.45. The predicted octanol–water partition coefficient (Wildman–Crippen LogP) is 3.13. The van der Waals surface area contributed by atoms with E-state index in [4.69, 9.17) is 0 Å². The molecule has 0 spiro atoms. The van der Waals surface area contributed by atoms with Crippen molar-refractivity contribution in [3.05, 3.63) is 29.8 Å². The highest BCUT2D eigenvalue weighted by atomic mass is 15.2. The van der Waals surface area contributed by atoms with E-state index >= 15 is 0 Å². The van der Waals surface area contributed by atoms with Gasteiger partial charge in [0.15, 0.2) is 0 Å². The number of rotatable bonds is 2. The van der Waals surface area contributed by atoms with Gasteiger partial charge >= 0.3 is 0 Å². The molecular weight excluding hydrogens is 208 g/mol. The third-order valence-electron chi connectivity index (χ3n) is 4.27. The van der Waals surface area contributed by atoms with E-state index in [1.165, 1.54) is 24.1 Å². The van der Waals surface area contributed by atoms with Crippen molar-refractivity contribution in [2.24, 2.45) is 5.41 Å². The van der Waals surface area contributed by atoms with Crippen LogP contribution in [0.3, 0.4) is 0 Å². The average molecular weight is 226 g/mol. The Balaban J connectivity index is 1.82. The first-order chi connectivity index (χ1) is 8.33. The summed E-state index contributed by atoms with van der Waals surface area (Å²) in [5.74, 6) is 0. The number of nitrogens with zero attached hydrogens (tertiary/aromatic N) is 2. The average Bonchev–Trinajstić information content (AvgIpc) is 2.99. The Hall–Kier alpha value is -1.49. The van der Waals surface area contributed by atoms with Crippen LogP contribution in [0.25, 0.3) is 0 Å². The first-order valence-corrected chi connectivity index (χ1v) is 6.57. The molecule has 0 amide bonds. The molecule has 0 saturated heterocycles.